The number of aliphatic carboxylic acids is 16. The third kappa shape index (κ3) is 101. The number of nitrogens with one attached hydrogen (secondary N) is 3. The van der Waals surface area contributed by atoms with E-state index in [1.165, 1.54) is 142 Å². The molecule has 0 radical (unpaired) electrons. The van der Waals surface area contributed by atoms with Crippen molar-refractivity contribution in [3.05, 3.63) is 0 Å². The summed E-state index contributed by atoms with van der Waals surface area (Å²) in [5, 5.41) is 146. The molecule has 1 aliphatic heterocycles. The third-order valence-corrected chi connectivity index (χ3v) is 16.5. The molecule has 1 saturated heterocycles. The van der Waals surface area contributed by atoms with Gasteiger partial charge in [0.25, 0.3) is 0 Å². The number of hydrogen-bond acceptors (Lipinski definition) is 30. The van der Waals surface area contributed by atoms with Gasteiger partial charge >= 0.3 is 107 Å². The molecule has 0 bridgehead atoms. The minimum absolute atomic E-state index is 0.0117. The van der Waals surface area contributed by atoms with Crippen LogP contribution < -0.4 is 21.7 Å². The van der Waals surface area contributed by atoms with E-state index >= 15 is 0 Å². The molecule has 122 heavy (non-hydrogen) atoms. The number of hydrogen-bond donors (Lipinski definition) is 20. The van der Waals surface area contributed by atoms with Crippen LogP contribution in [0.4, 0.5) is 0 Å². The molecule has 4 atom stereocenters. The first-order chi connectivity index (χ1) is 57.0. The Bertz CT molecular complexity index is 2820. The lowest BCUT2D eigenvalue weighted by atomic mass is 10.1. The predicted molar refractivity (Wildman–Crippen MR) is 438 cm³/mol. The van der Waals surface area contributed by atoms with Gasteiger partial charge < -0.3 is 92.2 Å². The van der Waals surface area contributed by atoms with E-state index in [9.17, 15) is 86.3 Å². The summed E-state index contributed by atoms with van der Waals surface area (Å²) in [6.07, 6.45) is 28.1. The van der Waals surface area contributed by atoms with Gasteiger partial charge in [-0.1, -0.05) is 142 Å². The van der Waals surface area contributed by atoms with Crippen LogP contribution in [-0.4, -0.2) is 393 Å². The number of cyclic esters (lactones) is 2. The fourth-order valence-electron chi connectivity index (χ4n) is 10.1. The normalized spacial score (nSPS) is 12.4. The molecule has 1 rings (SSSR count). The van der Waals surface area contributed by atoms with Crippen molar-refractivity contribution in [2.24, 2.45) is 5.73 Å². The summed E-state index contributed by atoms with van der Waals surface area (Å²) in [5.74, 6) is -17.6. The van der Waals surface area contributed by atoms with Crippen LogP contribution in [0.2, 0.25) is 0 Å². The molecule has 0 saturated carbocycles. The van der Waals surface area contributed by atoms with E-state index in [-0.39, 0.29) is 91.4 Å². The second-order valence-electron chi connectivity index (χ2n) is 28.2. The minimum Gasteiger partial charge on any atom is -0.481 e. The predicted octanol–water partition coefficient (Wildman–Crippen LogP) is 2.08. The summed E-state index contributed by atoms with van der Waals surface area (Å²) in [6, 6.07) is -3.28. The Hall–Kier alpha value is -9.78. The first kappa shape index (κ1) is 125. The van der Waals surface area contributed by atoms with Crippen molar-refractivity contribution in [2.75, 3.05) is 145 Å². The fourth-order valence-corrected chi connectivity index (χ4v) is 10.1. The number of carboxylic acid groups (broad SMARTS) is 16. The molecule has 46 nitrogen and oxygen atoms in total. The van der Waals surface area contributed by atoms with E-state index in [0.29, 0.717) is 39.3 Å². The molecule has 0 aromatic rings. The first-order valence-electron chi connectivity index (χ1n) is 40.2. The number of carbonyl (C=O) groups is 18. The van der Waals surface area contributed by atoms with Crippen molar-refractivity contribution in [1.29, 1.82) is 0 Å². The molecule has 0 aliphatic carbocycles. The standard InChI is InChI=1S/C18H35NO4.C14H27NO4.C10H14N2O7.C10H20N2O4.C8H16N2O4.C6H11NO4.2C5H9NO4/c1-2-3-4-5-6-7-8-9-10-11-12-13-14-19(15-17(20)21)16-18(22)23;1-2-3-4-5-6-7-8-9-10-15(11-13(16)17)12-14(18)19;13-7(14)3-11(4-8(15)16)1-2-12-5-9(17)19-10(18)6-12;11-5-3-1-2-4-6-12(7-9(13)14)8-10(15)16;1-9(2)10(5-3-7(11)12)6-4-8(13)14;1-3(5(8)9)7-4(2)6(10)11;2*1-3(5(9)10)6-2-4(7)8/h2-16H2,1H3,(H,20,21)(H,22,23);2-12H2,1H3,(H,16,17)(H,18,19);1-6H2,(H,13,14)(H,15,16);1-8,11H2,(H,13,14)(H,15,16);3-6H2,1-2H3,(H,11,12)(H,13,14);3-4,7H,1-2H3,(H,8,9)(H,10,11);2*3,6H,2H2,1H3,(H,7,8)(H,9,10)/t;;;;;3-,4?;2*3-/m.....110/s1. The van der Waals surface area contributed by atoms with Crippen LogP contribution in [0.15, 0.2) is 0 Å². The highest BCUT2D eigenvalue weighted by Gasteiger charge is 2.26. The van der Waals surface area contributed by atoms with Crippen molar-refractivity contribution >= 4 is 107 Å². The second-order valence-corrected chi connectivity index (χ2v) is 28.2. The number of nitrogens with zero attached hydrogens (tertiary/aromatic N) is 7. The van der Waals surface area contributed by atoms with Crippen molar-refractivity contribution in [3.8, 4) is 0 Å². The van der Waals surface area contributed by atoms with Gasteiger partial charge in [-0.15, -0.1) is 0 Å². The van der Waals surface area contributed by atoms with E-state index < -0.39 is 145 Å². The van der Waals surface area contributed by atoms with Crippen LogP contribution in [0.3, 0.4) is 0 Å². The highest BCUT2D eigenvalue weighted by atomic mass is 16.6. The lowest BCUT2D eigenvalue weighted by Crippen LogP contribution is -2.47. The van der Waals surface area contributed by atoms with Crippen molar-refractivity contribution in [3.63, 3.8) is 0 Å². The zero-order valence-electron chi connectivity index (χ0n) is 72.0. The highest BCUT2D eigenvalue weighted by molar-refractivity contribution is 5.90. The maximum absolute atomic E-state index is 11.0. The summed E-state index contributed by atoms with van der Waals surface area (Å²) >= 11 is 0. The molecule has 1 unspecified atom stereocenters. The maximum atomic E-state index is 11.0. The number of ether oxygens (including phenoxy) is 1. The quantitative estimate of drug-likeness (QED) is 0.0179. The number of morpholine rings is 1. The van der Waals surface area contributed by atoms with E-state index in [4.69, 9.17) is 87.4 Å². The van der Waals surface area contributed by atoms with Gasteiger partial charge in [-0.25, -0.2) is 10.0 Å². The smallest absolute Gasteiger partial charge is 0.327 e. The molecule has 0 amide bonds. The Morgan fingerprint density at radius 1 is 0.328 bits per heavy atom. The number of unbranched alkanes of at least 4 members (excludes halogenated alkanes) is 21. The van der Waals surface area contributed by atoms with E-state index in [1.807, 2.05) is 0 Å². The average Bonchev–Trinajstić information content (AvgIpc) is 0.884. The molecule has 0 spiro atoms. The molecule has 710 valence electrons. The first-order valence-corrected chi connectivity index (χ1v) is 40.2. The summed E-state index contributed by atoms with van der Waals surface area (Å²) in [4.78, 5) is 195. The van der Waals surface area contributed by atoms with Gasteiger partial charge in [0.1, 0.15) is 24.2 Å². The fraction of sp³-hybridized carbons (Fsp3) is 0.763. The van der Waals surface area contributed by atoms with Gasteiger partial charge in [-0.3, -0.25) is 127 Å². The topological polar surface area (TPSA) is 725 Å². The zero-order chi connectivity index (χ0) is 95.1. The lowest BCUT2D eigenvalue weighted by Gasteiger charge is -2.27. The van der Waals surface area contributed by atoms with Gasteiger partial charge in [-0.05, 0) is 79.6 Å². The second kappa shape index (κ2) is 83.5. The van der Waals surface area contributed by atoms with Crippen LogP contribution in [0.1, 0.15) is 208 Å². The molecule has 0 aromatic heterocycles. The molecule has 1 heterocycles. The molecular weight excluding hydrogens is 1630 g/mol. The summed E-state index contributed by atoms with van der Waals surface area (Å²) in [5.41, 5.74) is 5.34. The Labute approximate surface area is 711 Å². The lowest BCUT2D eigenvalue weighted by molar-refractivity contribution is -0.167. The average molecular weight is 1770 g/mol. The monoisotopic (exact) mass is 1770 g/mol. The van der Waals surface area contributed by atoms with Gasteiger partial charge in [0.05, 0.1) is 91.4 Å². The van der Waals surface area contributed by atoms with Gasteiger partial charge in [-0.2, -0.15) is 0 Å². The molecule has 1 aliphatic rings. The number of carbonyl (C=O) groups excluding carboxylic acids is 2. The van der Waals surface area contributed by atoms with Crippen molar-refractivity contribution < 1.29 is 173 Å². The van der Waals surface area contributed by atoms with Crippen molar-refractivity contribution in [2.45, 2.75) is 233 Å². The largest absolute Gasteiger partial charge is 0.481 e. The van der Waals surface area contributed by atoms with Gasteiger partial charge in [0, 0.05) is 40.3 Å². The molecular formula is C76H141N11O35. The van der Waals surface area contributed by atoms with Gasteiger partial charge in [0.2, 0.25) is 0 Å². The van der Waals surface area contributed by atoms with E-state index in [0.717, 1.165) is 64.2 Å². The zero-order valence-corrected chi connectivity index (χ0v) is 72.0. The minimum atomic E-state index is -1.14. The summed E-state index contributed by atoms with van der Waals surface area (Å²) < 4.78 is 4.33. The Morgan fingerprint density at radius 3 is 0.762 bits per heavy atom. The summed E-state index contributed by atoms with van der Waals surface area (Å²) in [7, 11) is 3.51. The number of hydrazine groups is 1. The number of rotatable bonds is 66. The molecule has 21 N–H and O–H groups in total. The van der Waals surface area contributed by atoms with Crippen LogP contribution in [0, 0.1) is 0 Å². The number of carboxylic acids is 16. The Balaban J connectivity index is -0.000000252. The molecule has 1 fully saturated rings. The Morgan fingerprint density at radius 2 is 0.557 bits per heavy atom. The van der Waals surface area contributed by atoms with E-state index in [1.54, 1.807) is 24.1 Å². The summed E-state index contributed by atoms with van der Waals surface area (Å²) in [6.45, 7) is 10.4. The van der Waals surface area contributed by atoms with E-state index in [2.05, 4.69) is 34.5 Å². The van der Waals surface area contributed by atoms with Crippen LogP contribution in [0.5, 0.6) is 0 Å². The number of esters is 2. The molecule has 0 aromatic carbocycles. The third-order valence-electron chi connectivity index (χ3n) is 16.5. The van der Waals surface area contributed by atoms with Crippen molar-refractivity contribution in [1.82, 2.24) is 50.5 Å². The maximum Gasteiger partial charge on any atom is 0.327 e. The van der Waals surface area contributed by atoms with Gasteiger partial charge in [0.15, 0.2) is 0 Å². The highest BCUT2D eigenvalue weighted by Crippen LogP contribution is 2.13. The van der Waals surface area contributed by atoms with Crippen LogP contribution >= 0.6 is 0 Å². The Kier molecular flexibility index (Phi) is 85.8. The van der Waals surface area contributed by atoms with Crippen LogP contribution in [-0.2, 0) is 91.0 Å². The SMILES string of the molecule is CC(N[C@H](C)C(=O)O)C(=O)O.CCCCCCCCCCCCCCN(CC(=O)O)CC(=O)O.CCCCCCCCCCN(CC(=O)O)CC(=O)O.CN(C)N(CCC(=O)O)CCC(=O)O.C[C@@H](NCC(=O)O)C(=O)O.C[C@H](NCC(=O)O)C(=O)O.NCCCCCCN(CC(=O)O)CC(=O)O.O=C(O)CN(CCN1CC(=O)OC(=O)C1)CC(=O)O. The number of nitrogens with two attached hydrogens (primary N) is 1. The van der Waals surface area contributed by atoms with Crippen LogP contribution in [0.25, 0.3) is 0 Å². The molecule has 46 heteroatoms.